The molecule has 0 atom stereocenters. The lowest BCUT2D eigenvalue weighted by Crippen LogP contribution is -2.16. The predicted octanol–water partition coefficient (Wildman–Crippen LogP) is 1.63. The monoisotopic (exact) mass is 207 g/mol. The lowest BCUT2D eigenvalue weighted by Gasteiger charge is -2.19. The fourth-order valence-corrected chi connectivity index (χ4v) is 1.54. The molecule has 0 amide bonds. The van der Waals surface area contributed by atoms with Crippen molar-refractivity contribution in [2.24, 2.45) is 0 Å². The van der Waals surface area contributed by atoms with Crippen molar-refractivity contribution >= 4 is 11.5 Å². The molecule has 4 nitrogen and oxygen atoms in total. The number of anilines is 1. The Morgan fingerprint density at radius 1 is 1.33 bits per heavy atom. The topological polar surface area (TPSA) is 61.6 Å². The maximum atomic E-state index is 11.5. The third kappa shape index (κ3) is 1.75. The molecule has 2 rings (SSSR count). The average Bonchev–Trinajstić information content (AvgIpc) is 2.27. The van der Waals surface area contributed by atoms with Gasteiger partial charge in [0.2, 0.25) is 0 Å². The molecule has 0 saturated carbocycles. The molecule has 15 heavy (non-hydrogen) atoms. The minimum absolute atomic E-state index is 0.0180. The molecule has 0 spiro atoms. The van der Waals surface area contributed by atoms with E-state index in [0.29, 0.717) is 42.4 Å². The van der Waals surface area contributed by atoms with Gasteiger partial charge in [0.15, 0.2) is 17.3 Å². The van der Waals surface area contributed by atoms with Crippen LogP contribution in [0.5, 0.6) is 11.5 Å². The predicted molar refractivity (Wildman–Crippen MR) is 56.5 cm³/mol. The molecular weight excluding hydrogens is 194 g/mol. The van der Waals surface area contributed by atoms with E-state index in [4.69, 9.17) is 15.2 Å². The van der Waals surface area contributed by atoms with Crippen LogP contribution in [0.15, 0.2) is 12.1 Å². The van der Waals surface area contributed by atoms with Crippen LogP contribution < -0.4 is 15.2 Å². The number of Topliss-reactive ketones (excluding diaryl/α,β-unsaturated/α-hetero) is 1. The van der Waals surface area contributed by atoms with Gasteiger partial charge in [-0.2, -0.15) is 0 Å². The zero-order valence-corrected chi connectivity index (χ0v) is 8.58. The quantitative estimate of drug-likeness (QED) is 0.591. The van der Waals surface area contributed by atoms with E-state index in [9.17, 15) is 4.79 Å². The molecule has 0 bridgehead atoms. The van der Waals surface area contributed by atoms with Crippen molar-refractivity contribution in [2.45, 2.75) is 13.3 Å². The Labute approximate surface area is 88.0 Å². The first-order chi connectivity index (χ1) is 7.22. The maximum absolute atomic E-state index is 11.5. The Morgan fingerprint density at radius 3 is 2.53 bits per heavy atom. The molecule has 1 aliphatic heterocycles. The molecule has 0 aliphatic carbocycles. The van der Waals surface area contributed by atoms with E-state index in [2.05, 4.69) is 0 Å². The molecule has 2 N–H and O–H groups in total. The minimum atomic E-state index is 0.0180. The van der Waals surface area contributed by atoms with Crippen LogP contribution in [0.1, 0.15) is 23.7 Å². The van der Waals surface area contributed by atoms with Gasteiger partial charge in [-0.25, -0.2) is 0 Å². The van der Waals surface area contributed by atoms with Crippen LogP contribution in [0.2, 0.25) is 0 Å². The number of fused-ring (bicyclic) bond motifs is 1. The number of carbonyl (C=O) groups excluding carboxylic acids is 1. The van der Waals surface area contributed by atoms with Crippen molar-refractivity contribution in [2.75, 3.05) is 18.9 Å². The number of carbonyl (C=O) groups is 1. The van der Waals surface area contributed by atoms with Gasteiger partial charge in [-0.15, -0.1) is 0 Å². The largest absolute Gasteiger partial charge is 0.486 e. The van der Waals surface area contributed by atoms with Crippen molar-refractivity contribution in [3.05, 3.63) is 17.7 Å². The first kappa shape index (κ1) is 9.83. The fraction of sp³-hybridized carbons (Fsp3) is 0.364. The van der Waals surface area contributed by atoms with E-state index in [1.807, 2.05) is 0 Å². The summed E-state index contributed by atoms with van der Waals surface area (Å²) in [5, 5.41) is 0. The normalized spacial score (nSPS) is 13.7. The van der Waals surface area contributed by atoms with Crippen molar-refractivity contribution in [1.29, 1.82) is 0 Å². The van der Waals surface area contributed by atoms with Gasteiger partial charge in [-0.1, -0.05) is 6.92 Å². The first-order valence-corrected chi connectivity index (χ1v) is 4.94. The number of nitrogen functional groups attached to an aromatic ring is 1. The van der Waals surface area contributed by atoms with E-state index in [1.165, 1.54) is 0 Å². The molecule has 0 unspecified atom stereocenters. The number of ether oxygens (including phenoxy) is 2. The fourth-order valence-electron chi connectivity index (χ4n) is 1.54. The molecule has 0 fully saturated rings. The number of rotatable bonds is 2. The summed E-state index contributed by atoms with van der Waals surface area (Å²) < 4.78 is 10.7. The highest BCUT2D eigenvalue weighted by Gasteiger charge is 2.17. The highest BCUT2D eigenvalue weighted by Crippen LogP contribution is 2.34. The number of hydrogen-bond acceptors (Lipinski definition) is 4. The number of nitrogens with two attached hydrogens (primary N) is 1. The van der Waals surface area contributed by atoms with Crippen molar-refractivity contribution in [1.82, 2.24) is 0 Å². The lowest BCUT2D eigenvalue weighted by atomic mass is 10.1. The Bertz CT molecular complexity index is 401. The summed E-state index contributed by atoms with van der Waals surface area (Å²) in [6, 6.07) is 3.31. The summed E-state index contributed by atoms with van der Waals surface area (Å²) in [6.45, 7) is 2.84. The number of ketones is 1. The van der Waals surface area contributed by atoms with Gasteiger partial charge >= 0.3 is 0 Å². The number of hydrogen-bond donors (Lipinski definition) is 1. The van der Waals surface area contributed by atoms with Crippen molar-refractivity contribution < 1.29 is 14.3 Å². The van der Waals surface area contributed by atoms with E-state index >= 15 is 0 Å². The minimum Gasteiger partial charge on any atom is -0.486 e. The highest BCUT2D eigenvalue weighted by atomic mass is 16.6. The van der Waals surface area contributed by atoms with Gasteiger partial charge < -0.3 is 15.2 Å². The molecule has 0 saturated heterocycles. The van der Waals surface area contributed by atoms with Crippen LogP contribution >= 0.6 is 0 Å². The van der Waals surface area contributed by atoms with Gasteiger partial charge in [-0.05, 0) is 6.07 Å². The van der Waals surface area contributed by atoms with Crippen molar-refractivity contribution in [3.8, 4) is 11.5 Å². The summed E-state index contributed by atoms with van der Waals surface area (Å²) in [5.74, 6) is 1.24. The molecule has 0 radical (unpaired) electrons. The van der Waals surface area contributed by atoms with Gasteiger partial charge in [0.05, 0.1) is 0 Å². The second-order valence-electron chi connectivity index (χ2n) is 3.36. The lowest BCUT2D eigenvalue weighted by molar-refractivity contribution is 0.0988. The Balaban J connectivity index is 2.44. The smallest absolute Gasteiger partial charge is 0.164 e. The van der Waals surface area contributed by atoms with Crippen LogP contribution in [0.25, 0.3) is 0 Å². The standard InChI is InChI=1S/C11H13NO3/c1-2-9(13)7-5-10-11(6-8(7)12)15-4-3-14-10/h5-6H,2-4,12H2,1H3. The van der Waals surface area contributed by atoms with Gasteiger partial charge in [0, 0.05) is 23.7 Å². The molecule has 1 aromatic rings. The molecule has 1 aromatic carbocycles. The van der Waals surface area contributed by atoms with Gasteiger partial charge in [-0.3, -0.25) is 4.79 Å². The zero-order valence-electron chi connectivity index (χ0n) is 8.58. The van der Waals surface area contributed by atoms with Crippen molar-refractivity contribution in [3.63, 3.8) is 0 Å². The molecule has 80 valence electrons. The second-order valence-corrected chi connectivity index (χ2v) is 3.36. The maximum Gasteiger partial charge on any atom is 0.164 e. The zero-order chi connectivity index (χ0) is 10.8. The Morgan fingerprint density at radius 2 is 1.93 bits per heavy atom. The average molecular weight is 207 g/mol. The number of benzene rings is 1. The molecule has 0 aromatic heterocycles. The van der Waals surface area contributed by atoms with Crippen LogP contribution in [0.3, 0.4) is 0 Å². The van der Waals surface area contributed by atoms with E-state index in [1.54, 1.807) is 19.1 Å². The summed E-state index contributed by atoms with van der Waals surface area (Å²) in [7, 11) is 0. The van der Waals surface area contributed by atoms with E-state index in [-0.39, 0.29) is 5.78 Å². The summed E-state index contributed by atoms with van der Waals surface area (Å²) >= 11 is 0. The summed E-state index contributed by atoms with van der Waals surface area (Å²) in [4.78, 5) is 11.5. The Hall–Kier alpha value is -1.71. The molecule has 4 heteroatoms. The van der Waals surface area contributed by atoms with Crippen LogP contribution in [-0.4, -0.2) is 19.0 Å². The SMILES string of the molecule is CCC(=O)c1cc2c(cc1N)OCCO2. The molecular formula is C11H13NO3. The van der Waals surface area contributed by atoms with E-state index < -0.39 is 0 Å². The first-order valence-electron chi connectivity index (χ1n) is 4.94. The molecule has 1 heterocycles. The third-order valence-corrected chi connectivity index (χ3v) is 2.34. The second kappa shape index (κ2) is 3.81. The van der Waals surface area contributed by atoms with Crippen LogP contribution in [0, 0.1) is 0 Å². The van der Waals surface area contributed by atoms with E-state index in [0.717, 1.165) is 0 Å². The van der Waals surface area contributed by atoms with Crippen LogP contribution in [0.4, 0.5) is 5.69 Å². The van der Waals surface area contributed by atoms with Gasteiger partial charge in [0.1, 0.15) is 13.2 Å². The highest BCUT2D eigenvalue weighted by molar-refractivity contribution is 6.01. The summed E-state index contributed by atoms with van der Waals surface area (Å²) in [6.07, 6.45) is 0.434. The van der Waals surface area contributed by atoms with Gasteiger partial charge in [0.25, 0.3) is 0 Å². The third-order valence-electron chi connectivity index (χ3n) is 2.34. The Kier molecular flexibility index (Phi) is 2.49. The molecule has 1 aliphatic rings. The summed E-state index contributed by atoms with van der Waals surface area (Å²) in [5.41, 5.74) is 6.73. The van der Waals surface area contributed by atoms with Crippen LogP contribution in [-0.2, 0) is 0 Å².